The van der Waals surface area contributed by atoms with Crippen molar-refractivity contribution >= 4 is 41.3 Å². The first-order chi connectivity index (χ1) is 12.6. The molecule has 1 atom stereocenters. The molecule has 5 nitrogen and oxygen atoms in total. The molecule has 0 spiro atoms. The third-order valence-electron chi connectivity index (χ3n) is 4.00. The molecule has 0 bridgehead atoms. The molecule has 0 saturated heterocycles. The van der Waals surface area contributed by atoms with E-state index in [1.165, 1.54) is 10.4 Å². The Hall–Kier alpha value is -1.19. The van der Waals surface area contributed by atoms with Gasteiger partial charge in [0.2, 0.25) is 0 Å². The molecular weight excluding hydrogens is 471 g/mol. The number of aliphatic imine (C=N–C) groups is 1. The zero-order valence-corrected chi connectivity index (χ0v) is 19.8. The summed E-state index contributed by atoms with van der Waals surface area (Å²) in [5.74, 6) is 1.24. The second-order valence-electron chi connectivity index (χ2n) is 6.48. The summed E-state index contributed by atoms with van der Waals surface area (Å²) in [7, 11) is 1.80. The Balaban J connectivity index is 0.00000364. The van der Waals surface area contributed by atoms with Gasteiger partial charge in [-0.05, 0) is 25.3 Å². The Morgan fingerprint density at radius 1 is 1.22 bits per heavy atom. The van der Waals surface area contributed by atoms with Gasteiger partial charge < -0.3 is 15.4 Å². The van der Waals surface area contributed by atoms with Crippen molar-refractivity contribution in [2.24, 2.45) is 10.9 Å². The van der Waals surface area contributed by atoms with Crippen molar-refractivity contribution < 1.29 is 4.74 Å². The molecule has 0 radical (unpaired) electrons. The highest BCUT2D eigenvalue weighted by molar-refractivity contribution is 14.0. The number of hydrogen-bond acceptors (Lipinski definition) is 4. The van der Waals surface area contributed by atoms with Crippen LogP contribution in [0.25, 0.3) is 0 Å². The maximum atomic E-state index is 5.80. The molecule has 7 heteroatoms. The van der Waals surface area contributed by atoms with E-state index >= 15 is 0 Å². The summed E-state index contributed by atoms with van der Waals surface area (Å²) in [6, 6.07) is 10.3. The predicted octanol–water partition coefficient (Wildman–Crippen LogP) is 3.94. The molecule has 2 N–H and O–H groups in total. The Bertz CT molecular complexity index is 691. The zero-order chi connectivity index (χ0) is 18.8. The van der Waals surface area contributed by atoms with Gasteiger partial charge in [0, 0.05) is 31.4 Å². The second-order valence-corrected chi connectivity index (χ2v) is 7.77. The van der Waals surface area contributed by atoms with Crippen molar-refractivity contribution in [2.75, 3.05) is 26.7 Å². The fraction of sp³-hybridized carbons (Fsp3) is 0.500. The van der Waals surface area contributed by atoms with Crippen LogP contribution in [0.5, 0.6) is 0 Å². The smallest absolute Gasteiger partial charge is 0.190 e. The molecule has 0 aliphatic carbocycles. The molecule has 0 fully saturated rings. The molecule has 2 aromatic rings. The summed E-state index contributed by atoms with van der Waals surface area (Å²) in [6.07, 6.45) is 0.966. The van der Waals surface area contributed by atoms with Gasteiger partial charge in [0.15, 0.2) is 5.96 Å². The van der Waals surface area contributed by atoms with Crippen molar-refractivity contribution in [1.29, 1.82) is 0 Å². The van der Waals surface area contributed by atoms with Gasteiger partial charge in [-0.3, -0.25) is 4.99 Å². The summed E-state index contributed by atoms with van der Waals surface area (Å²) < 4.78 is 5.80. The first-order valence-electron chi connectivity index (χ1n) is 9.07. The molecule has 27 heavy (non-hydrogen) atoms. The van der Waals surface area contributed by atoms with E-state index in [0.29, 0.717) is 12.5 Å². The van der Waals surface area contributed by atoms with E-state index in [1.807, 2.05) is 18.2 Å². The fourth-order valence-electron chi connectivity index (χ4n) is 2.60. The third kappa shape index (κ3) is 9.03. The molecule has 1 aromatic heterocycles. The molecule has 0 aliphatic rings. The van der Waals surface area contributed by atoms with Crippen LogP contribution in [0.4, 0.5) is 0 Å². The normalized spacial score (nSPS) is 12.4. The lowest BCUT2D eigenvalue weighted by Crippen LogP contribution is -2.40. The Morgan fingerprint density at radius 3 is 2.59 bits per heavy atom. The summed E-state index contributed by atoms with van der Waals surface area (Å²) in [6.45, 7) is 9.35. The highest BCUT2D eigenvalue weighted by atomic mass is 127. The molecule has 0 aliphatic heterocycles. The van der Waals surface area contributed by atoms with Crippen molar-refractivity contribution in [2.45, 2.75) is 33.8 Å². The quantitative estimate of drug-likeness (QED) is 0.310. The molecule has 1 aromatic carbocycles. The highest BCUT2D eigenvalue weighted by Gasteiger charge is 2.07. The Kier molecular flexibility index (Phi) is 11.5. The molecule has 1 heterocycles. The average molecular weight is 502 g/mol. The van der Waals surface area contributed by atoms with Crippen LogP contribution < -0.4 is 10.6 Å². The third-order valence-corrected chi connectivity index (χ3v) is 5.13. The monoisotopic (exact) mass is 502 g/mol. The lowest BCUT2D eigenvalue weighted by molar-refractivity contribution is 0.0931. The number of nitrogens with one attached hydrogen (secondary N) is 2. The van der Waals surface area contributed by atoms with Gasteiger partial charge >= 0.3 is 0 Å². The zero-order valence-electron chi connectivity index (χ0n) is 16.6. The lowest BCUT2D eigenvalue weighted by Gasteiger charge is -2.16. The van der Waals surface area contributed by atoms with Gasteiger partial charge in [0.25, 0.3) is 0 Å². The van der Waals surface area contributed by atoms with Gasteiger partial charge in [-0.1, -0.05) is 37.3 Å². The van der Waals surface area contributed by atoms with E-state index in [-0.39, 0.29) is 24.0 Å². The highest BCUT2D eigenvalue weighted by Crippen LogP contribution is 2.16. The number of halogens is 1. The van der Waals surface area contributed by atoms with E-state index in [9.17, 15) is 0 Å². The van der Waals surface area contributed by atoms with E-state index in [1.54, 1.807) is 18.4 Å². The number of benzene rings is 1. The van der Waals surface area contributed by atoms with Crippen LogP contribution in [0.1, 0.15) is 28.1 Å². The number of ether oxygens (including phenoxy) is 1. The standard InChI is InChI=1S/C20H30N4OS.HI/c1-15(13-25-14-18-8-6-5-7-9-18)12-23-20(21-4)22-11-10-19-16(2)24-17(3)26-19;/h5-9,15H,10-14H2,1-4H3,(H2,21,22,23);1H. The summed E-state index contributed by atoms with van der Waals surface area (Å²) in [4.78, 5) is 10.1. The Morgan fingerprint density at radius 2 is 1.96 bits per heavy atom. The first-order valence-corrected chi connectivity index (χ1v) is 9.89. The summed E-state index contributed by atoms with van der Waals surface area (Å²) in [5.41, 5.74) is 2.35. The van der Waals surface area contributed by atoms with E-state index < -0.39 is 0 Å². The average Bonchev–Trinajstić information content (AvgIpc) is 2.96. The van der Waals surface area contributed by atoms with Gasteiger partial charge in [-0.2, -0.15) is 0 Å². The van der Waals surface area contributed by atoms with E-state index in [0.717, 1.165) is 42.8 Å². The molecular formula is C20H31IN4OS. The maximum absolute atomic E-state index is 5.80. The number of aryl methyl sites for hydroxylation is 2. The van der Waals surface area contributed by atoms with Crippen molar-refractivity contribution in [1.82, 2.24) is 15.6 Å². The van der Waals surface area contributed by atoms with Gasteiger partial charge in [0.05, 0.1) is 23.9 Å². The second kappa shape index (κ2) is 13.1. The van der Waals surface area contributed by atoms with Crippen molar-refractivity contribution in [3.63, 3.8) is 0 Å². The molecule has 0 saturated carbocycles. The summed E-state index contributed by atoms with van der Waals surface area (Å²) in [5, 5.41) is 7.87. The van der Waals surface area contributed by atoms with Crippen LogP contribution in [0.2, 0.25) is 0 Å². The molecule has 150 valence electrons. The predicted molar refractivity (Wildman–Crippen MR) is 125 cm³/mol. The van der Waals surface area contributed by atoms with Crippen LogP contribution in [-0.4, -0.2) is 37.7 Å². The van der Waals surface area contributed by atoms with Crippen LogP contribution in [0.15, 0.2) is 35.3 Å². The SMILES string of the molecule is CN=C(NCCc1sc(C)nc1C)NCC(C)COCc1ccccc1.I. The number of thiazole rings is 1. The van der Waals surface area contributed by atoms with Gasteiger partial charge in [-0.25, -0.2) is 4.98 Å². The number of aromatic nitrogens is 1. The summed E-state index contributed by atoms with van der Waals surface area (Å²) >= 11 is 1.77. The molecule has 0 amide bonds. The first kappa shape index (κ1) is 23.8. The minimum Gasteiger partial charge on any atom is -0.376 e. The fourth-order valence-corrected chi connectivity index (χ4v) is 3.54. The Labute approximate surface area is 184 Å². The van der Waals surface area contributed by atoms with E-state index in [4.69, 9.17) is 4.74 Å². The number of nitrogens with zero attached hydrogens (tertiary/aromatic N) is 2. The molecule has 1 unspecified atom stereocenters. The van der Waals surface area contributed by atoms with Crippen molar-refractivity contribution in [3.8, 4) is 0 Å². The minimum atomic E-state index is 0. The van der Waals surface area contributed by atoms with E-state index in [2.05, 4.69) is 53.5 Å². The van der Waals surface area contributed by atoms with Crippen LogP contribution >= 0.6 is 35.3 Å². The number of hydrogen-bond donors (Lipinski definition) is 2. The van der Waals surface area contributed by atoms with Gasteiger partial charge in [-0.15, -0.1) is 35.3 Å². The van der Waals surface area contributed by atoms with Crippen LogP contribution in [0, 0.1) is 19.8 Å². The van der Waals surface area contributed by atoms with Crippen molar-refractivity contribution in [3.05, 3.63) is 51.5 Å². The largest absolute Gasteiger partial charge is 0.376 e. The van der Waals surface area contributed by atoms with Crippen LogP contribution in [-0.2, 0) is 17.8 Å². The van der Waals surface area contributed by atoms with Gasteiger partial charge in [0.1, 0.15) is 0 Å². The lowest BCUT2D eigenvalue weighted by atomic mass is 10.2. The molecule has 2 rings (SSSR count). The number of rotatable bonds is 9. The van der Waals surface area contributed by atoms with Crippen LogP contribution in [0.3, 0.4) is 0 Å². The minimum absolute atomic E-state index is 0. The maximum Gasteiger partial charge on any atom is 0.190 e. The topological polar surface area (TPSA) is 58.5 Å². The number of guanidine groups is 1.